The highest BCUT2D eigenvalue weighted by molar-refractivity contribution is 7.89. The van der Waals surface area contributed by atoms with Gasteiger partial charge in [-0.2, -0.15) is 5.26 Å². The number of ether oxygens (including phenoxy) is 2. The molecule has 0 radical (unpaired) electrons. The van der Waals surface area contributed by atoms with Crippen LogP contribution in [0.5, 0.6) is 11.5 Å². The number of rotatable bonds is 8. The van der Waals surface area contributed by atoms with Crippen LogP contribution in [0.15, 0.2) is 47.4 Å². The van der Waals surface area contributed by atoms with Crippen LogP contribution in [0.4, 0.5) is 0 Å². The van der Waals surface area contributed by atoms with E-state index in [0.29, 0.717) is 30.1 Å². The first-order chi connectivity index (χ1) is 12.0. The molecule has 1 N–H and O–H groups in total. The molecular formula is C18H20N2O4S. The number of hydrogen-bond acceptors (Lipinski definition) is 5. The van der Waals surface area contributed by atoms with Crippen LogP contribution in [0.25, 0.3) is 0 Å². The number of benzene rings is 2. The zero-order valence-corrected chi connectivity index (χ0v) is 15.0. The standard InChI is InChI=1S/C18H20N2O4S/c1-3-24-17-9-6-14(12-18(17)23-2)10-11-20-25(21,22)16-7-4-15(13-19)5-8-16/h4-9,12,20H,3,10-11H2,1-2H3. The minimum absolute atomic E-state index is 0.135. The van der Waals surface area contributed by atoms with Crippen LogP contribution in [0.2, 0.25) is 0 Å². The second-order valence-electron chi connectivity index (χ2n) is 5.20. The Kier molecular flexibility index (Phi) is 6.39. The number of nitrogens with zero attached hydrogens (tertiary/aromatic N) is 1. The Balaban J connectivity index is 2.00. The number of hydrogen-bond donors (Lipinski definition) is 1. The Bertz CT molecular complexity index is 856. The molecule has 132 valence electrons. The summed E-state index contributed by atoms with van der Waals surface area (Å²) in [5.41, 5.74) is 1.35. The Hall–Kier alpha value is -2.56. The maximum absolute atomic E-state index is 12.2. The van der Waals surface area contributed by atoms with Crippen molar-refractivity contribution in [3.63, 3.8) is 0 Å². The summed E-state index contributed by atoms with van der Waals surface area (Å²) in [4.78, 5) is 0.135. The Labute approximate surface area is 148 Å². The molecule has 7 heteroatoms. The predicted molar refractivity (Wildman–Crippen MR) is 94.2 cm³/mol. The maximum Gasteiger partial charge on any atom is 0.240 e. The maximum atomic E-state index is 12.2. The lowest BCUT2D eigenvalue weighted by Gasteiger charge is -2.11. The van der Waals surface area contributed by atoms with Gasteiger partial charge in [-0.3, -0.25) is 0 Å². The molecule has 2 aromatic carbocycles. The molecule has 0 bridgehead atoms. The van der Waals surface area contributed by atoms with Gasteiger partial charge in [0.2, 0.25) is 10.0 Å². The molecule has 0 aliphatic heterocycles. The summed E-state index contributed by atoms with van der Waals surface area (Å²) >= 11 is 0. The molecule has 0 aromatic heterocycles. The Morgan fingerprint density at radius 1 is 1.12 bits per heavy atom. The lowest BCUT2D eigenvalue weighted by molar-refractivity contribution is 0.310. The molecular weight excluding hydrogens is 340 g/mol. The topological polar surface area (TPSA) is 88.4 Å². The summed E-state index contributed by atoms with van der Waals surface area (Å²) < 4.78 is 37.8. The van der Waals surface area contributed by atoms with Crippen LogP contribution in [0.1, 0.15) is 18.1 Å². The van der Waals surface area contributed by atoms with Crippen molar-refractivity contribution in [1.82, 2.24) is 4.72 Å². The van der Waals surface area contributed by atoms with Crippen LogP contribution < -0.4 is 14.2 Å². The van der Waals surface area contributed by atoms with Gasteiger partial charge in [-0.05, 0) is 55.3 Å². The summed E-state index contributed by atoms with van der Waals surface area (Å²) in [5.74, 6) is 1.28. The lowest BCUT2D eigenvalue weighted by Crippen LogP contribution is -2.26. The molecule has 2 rings (SSSR count). The molecule has 0 saturated heterocycles. The molecule has 0 atom stereocenters. The van der Waals surface area contributed by atoms with Gasteiger partial charge in [0.15, 0.2) is 11.5 Å². The van der Waals surface area contributed by atoms with E-state index in [1.807, 2.05) is 31.2 Å². The molecule has 0 heterocycles. The average Bonchev–Trinajstić information content (AvgIpc) is 2.63. The van der Waals surface area contributed by atoms with Crippen LogP contribution in [0, 0.1) is 11.3 Å². The summed E-state index contributed by atoms with van der Waals surface area (Å²) in [5, 5.41) is 8.76. The third-order valence-electron chi connectivity index (χ3n) is 3.53. The van der Waals surface area contributed by atoms with Gasteiger partial charge in [-0.25, -0.2) is 13.1 Å². The van der Waals surface area contributed by atoms with Gasteiger partial charge >= 0.3 is 0 Å². The number of sulfonamides is 1. The fraction of sp³-hybridized carbons (Fsp3) is 0.278. The first-order valence-electron chi connectivity index (χ1n) is 7.79. The van der Waals surface area contributed by atoms with Gasteiger partial charge in [0.25, 0.3) is 0 Å². The van der Waals surface area contributed by atoms with Crippen LogP contribution in [-0.4, -0.2) is 28.7 Å². The summed E-state index contributed by atoms with van der Waals surface area (Å²) in [6, 6.07) is 13.3. The lowest BCUT2D eigenvalue weighted by atomic mass is 10.1. The Morgan fingerprint density at radius 3 is 2.44 bits per heavy atom. The zero-order valence-electron chi connectivity index (χ0n) is 14.2. The van der Waals surface area contributed by atoms with Crippen molar-refractivity contribution < 1.29 is 17.9 Å². The molecule has 0 saturated carbocycles. The minimum atomic E-state index is -3.60. The van der Waals surface area contributed by atoms with Crippen molar-refractivity contribution in [3.05, 3.63) is 53.6 Å². The van der Waals surface area contributed by atoms with Gasteiger partial charge in [0.05, 0.1) is 30.2 Å². The molecule has 0 aliphatic rings. The second-order valence-corrected chi connectivity index (χ2v) is 6.97. The largest absolute Gasteiger partial charge is 0.493 e. The van der Waals surface area contributed by atoms with Gasteiger partial charge < -0.3 is 9.47 Å². The van der Waals surface area contributed by atoms with E-state index in [9.17, 15) is 8.42 Å². The molecule has 25 heavy (non-hydrogen) atoms. The van der Waals surface area contributed by atoms with Gasteiger partial charge in [-0.1, -0.05) is 6.07 Å². The smallest absolute Gasteiger partial charge is 0.240 e. The van der Waals surface area contributed by atoms with E-state index < -0.39 is 10.0 Å². The molecule has 0 amide bonds. The monoisotopic (exact) mass is 360 g/mol. The quantitative estimate of drug-likeness (QED) is 0.781. The van der Waals surface area contributed by atoms with Crippen molar-refractivity contribution in [2.45, 2.75) is 18.2 Å². The summed E-state index contributed by atoms with van der Waals surface area (Å²) in [6.07, 6.45) is 0.512. The van der Waals surface area contributed by atoms with Crippen molar-refractivity contribution in [3.8, 4) is 17.6 Å². The SMILES string of the molecule is CCOc1ccc(CCNS(=O)(=O)c2ccc(C#N)cc2)cc1OC. The highest BCUT2D eigenvalue weighted by Crippen LogP contribution is 2.28. The van der Waals surface area contributed by atoms with Gasteiger partial charge in [0, 0.05) is 6.54 Å². The summed E-state index contributed by atoms with van der Waals surface area (Å²) in [7, 11) is -2.04. The fourth-order valence-electron chi connectivity index (χ4n) is 2.26. The number of nitrogens with one attached hydrogen (secondary N) is 1. The molecule has 0 aliphatic carbocycles. The second kappa shape index (κ2) is 8.51. The number of nitriles is 1. The zero-order chi connectivity index (χ0) is 18.3. The van der Waals surface area contributed by atoms with E-state index in [1.54, 1.807) is 7.11 Å². The van der Waals surface area contributed by atoms with E-state index in [0.717, 1.165) is 5.56 Å². The fourth-order valence-corrected chi connectivity index (χ4v) is 3.30. The van der Waals surface area contributed by atoms with Crippen LogP contribution >= 0.6 is 0 Å². The third-order valence-corrected chi connectivity index (χ3v) is 5.00. The first kappa shape index (κ1) is 18.8. The molecule has 0 spiro atoms. The molecule has 6 nitrogen and oxygen atoms in total. The Morgan fingerprint density at radius 2 is 1.84 bits per heavy atom. The number of methoxy groups -OCH3 is 1. The normalized spacial score (nSPS) is 10.9. The molecule has 2 aromatic rings. The molecule has 0 fully saturated rings. The molecule has 0 unspecified atom stereocenters. The van der Waals surface area contributed by atoms with Crippen LogP contribution in [0.3, 0.4) is 0 Å². The summed E-state index contributed by atoms with van der Waals surface area (Å²) in [6.45, 7) is 2.69. The van der Waals surface area contributed by atoms with E-state index in [-0.39, 0.29) is 11.4 Å². The highest BCUT2D eigenvalue weighted by Gasteiger charge is 2.13. The predicted octanol–water partition coefficient (Wildman–Crippen LogP) is 2.49. The van der Waals surface area contributed by atoms with E-state index >= 15 is 0 Å². The van der Waals surface area contributed by atoms with Gasteiger partial charge in [-0.15, -0.1) is 0 Å². The highest BCUT2D eigenvalue weighted by atomic mass is 32.2. The van der Waals surface area contributed by atoms with E-state index in [1.165, 1.54) is 24.3 Å². The van der Waals surface area contributed by atoms with Gasteiger partial charge in [0.1, 0.15) is 0 Å². The van der Waals surface area contributed by atoms with Crippen LogP contribution in [-0.2, 0) is 16.4 Å². The van der Waals surface area contributed by atoms with Crippen molar-refractivity contribution in [2.24, 2.45) is 0 Å². The van der Waals surface area contributed by atoms with Crippen molar-refractivity contribution in [1.29, 1.82) is 5.26 Å². The van der Waals surface area contributed by atoms with E-state index in [4.69, 9.17) is 14.7 Å². The minimum Gasteiger partial charge on any atom is -0.493 e. The first-order valence-corrected chi connectivity index (χ1v) is 9.28. The van der Waals surface area contributed by atoms with Crippen molar-refractivity contribution >= 4 is 10.0 Å². The van der Waals surface area contributed by atoms with Crippen molar-refractivity contribution in [2.75, 3.05) is 20.3 Å². The third kappa shape index (κ3) is 4.95. The average molecular weight is 360 g/mol. The van der Waals surface area contributed by atoms with E-state index in [2.05, 4.69) is 4.72 Å².